The Morgan fingerprint density at radius 3 is 2.44 bits per heavy atom. The second-order valence-electron chi connectivity index (χ2n) is 4.39. The largest absolute Gasteiger partial charge is 0.339 e. The highest BCUT2D eigenvalue weighted by molar-refractivity contribution is 5.93. The first kappa shape index (κ1) is 11.1. The normalized spacial score (nSPS) is 16.9. The van der Waals surface area contributed by atoms with E-state index in [1.54, 1.807) is 6.20 Å². The zero-order valence-electron chi connectivity index (χ0n) is 9.78. The van der Waals surface area contributed by atoms with Gasteiger partial charge in [-0.2, -0.15) is 0 Å². The predicted molar refractivity (Wildman–Crippen MR) is 63.3 cm³/mol. The SMILES string of the molecule is Cc1ccc(C(=O)N2CCCCCC2)cn1. The van der Waals surface area contributed by atoms with E-state index in [1.165, 1.54) is 12.8 Å². The van der Waals surface area contributed by atoms with Crippen molar-refractivity contribution < 1.29 is 4.79 Å². The fourth-order valence-electron chi connectivity index (χ4n) is 2.05. The van der Waals surface area contributed by atoms with Gasteiger partial charge >= 0.3 is 0 Å². The molecule has 1 fully saturated rings. The molecule has 1 aromatic rings. The number of hydrogen-bond acceptors (Lipinski definition) is 2. The number of aromatic nitrogens is 1. The Hall–Kier alpha value is -1.38. The molecule has 0 radical (unpaired) electrons. The van der Waals surface area contributed by atoms with Gasteiger partial charge in [0.2, 0.25) is 0 Å². The molecule has 1 amide bonds. The Labute approximate surface area is 96.5 Å². The number of rotatable bonds is 1. The van der Waals surface area contributed by atoms with Crippen LogP contribution in [-0.4, -0.2) is 28.9 Å². The first-order valence-corrected chi connectivity index (χ1v) is 5.99. The summed E-state index contributed by atoms with van der Waals surface area (Å²) in [6.45, 7) is 3.72. The van der Waals surface area contributed by atoms with Crippen LogP contribution < -0.4 is 0 Å². The summed E-state index contributed by atoms with van der Waals surface area (Å²) in [6.07, 6.45) is 6.43. The smallest absolute Gasteiger partial charge is 0.255 e. The summed E-state index contributed by atoms with van der Waals surface area (Å²) in [5, 5.41) is 0. The summed E-state index contributed by atoms with van der Waals surface area (Å²) >= 11 is 0. The van der Waals surface area contributed by atoms with Crippen LogP contribution in [-0.2, 0) is 0 Å². The average molecular weight is 218 g/mol. The van der Waals surface area contributed by atoms with Crippen LogP contribution in [0.3, 0.4) is 0 Å². The fourth-order valence-corrected chi connectivity index (χ4v) is 2.05. The van der Waals surface area contributed by atoms with E-state index in [2.05, 4.69) is 4.98 Å². The molecule has 0 spiro atoms. The number of nitrogens with zero attached hydrogens (tertiary/aromatic N) is 2. The number of pyridine rings is 1. The molecule has 0 atom stereocenters. The Morgan fingerprint density at radius 2 is 1.88 bits per heavy atom. The van der Waals surface area contributed by atoms with Gasteiger partial charge in [0.05, 0.1) is 5.56 Å². The molecule has 3 heteroatoms. The van der Waals surface area contributed by atoms with Crippen LogP contribution in [0.4, 0.5) is 0 Å². The minimum atomic E-state index is 0.134. The van der Waals surface area contributed by atoms with E-state index in [4.69, 9.17) is 0 Å². The van der Waals surface area contributed by atoms with Gasteiger partial charge in [-0.3, -0.25) is 9.78 Å². The van der Waals surface area contributed by atoms with Crippen LogP contribution in [0, 0.1) is 6.92 Å². The number of carbonyl (C=O) groups is 1. The lowest BCUT2D eigenvalue weighted by atomic mass is 10.2. The van der Waals surface area contributed by atoms with Crippen LogP contribution in [0.5, 0.6) is 0 Å². The van der Waals surface area contributed by atoms with Gasteiger partial charge in [0.1, 0.15) is 0 Å². The molecule has 0 N–H and O–H groups in total. The summed E-state index contributed by atoms with van der Waals surface area (Å²) < 4.78 is 0. The highest BCUT2D eigenvalue weighted by atomic mass is 16.2. The average Bonchev–Trinajstić information content (AvgIpc) is 2.57. The van der Waals surface area contributed by atoms with E-state index in [0.29, 0.717) is 5.56 Å². The second kappa shape index (κ2) is 5.10. The number of aryl methyl sites for hydroxylation is 1. The Balaban J connectivity index is 2.08. The third-order valence-corrected chi connectivity index (χ3v) is 3.05. The molecule has 1 aromatic heterocycles. The van der Waals surface area contributed by atoms with Gasteiger partial charge in [-0.25, -0.2) is 0 Å². The maximum Gasteiger partial charge on any atom is 0.255 e. The van der Waals surface area contributed by atoms with Crippen LogP contribution in [0.15, 0.2) is 18.3 Å². The predicted octanol–water partition coefficient (Wildman–Crippen LogP) is 2.41. The fraction of sp³-hybridized carbons (Fsp3) is 0.538. The number of amides is 1. The molecule has 1 aliphatic rings. The van der Waals surface area contributed by atoms with Gasteiger partial charge in [0.25, 0.3) is 5.91 Å². The van der Waals surface area contributed by atoms with Gasteiger partial charge < -0.3 is 4.90 Å². The molecular formula is C13H18N2O. The topological polar surface area (TPSA) is 33.2 Å². The molecule has 0 aromatic carbocycles. The molecule has 2 heterocycles. The van der Waals surface area contributed by atoms with Crippen molar-refractivity contribution in [3.05, 3.63) is 29.6 Å². The number of likely N-dealkylation sites (tertiary alicyclic amines) is 1. The van der Waals surface area contributed by atoms with Crippen molar-refractivity contribution in [1.82, 2.24) is 9.88 Å². The molecule has 2 rings (SSSR count). The van der Waals surface area contributed by atoms with Crippen LogP contribution >= 0.6 is 0 Å². The second-order valence-corrected chi connectivity index (χ2v) is 4.39. The third-order valence-electron chi connectivity index (χ3n) is 3.05. The molecule has 0 aliphatic carbocycles. The molecular weight excluding hydrogens is 200 g/mol. The zero-order chi connectivity index (χ0) is 11.4. The molecule has 0 bridgehead atoms. The number of hydrogen-bond donors (Lipinski definition) is 0. The summed E-state index contributed by atoms with van der Waals surface area (Å²) in [5.74, 6) is 0.134. The van der Waals surface area contributed by atoms with E-state index in [9.17, 15) is 4.79 Å². The van der Waals surface area contributed by atoms with E-state index >= 15 is 0 Å². The lowest BCUT2D eigenvalue weighted by molar-refractivity contribution is 0.0761. The van der Waals surface area contributed by atoms with Crippen LogP contribution in [0.2, 0.25) is 0 Å². The molecule has 1 saturated heterocycles. The lowest BCUT2D eigenvalue weighted by Gasteiger charge is -2.20. The first-order chi connectivity index (χ1) is 7.77. The van der Waals surface area contributed by atoms with Gasteiger partial charge in [-0.05, 0) is 31.9 Å². The Bertz CT molecular complexity index is 351. The van der Waals surface area contributed by atoms with Gasteiger partial charge in [-0.1, -0.05) is 12.8 Å². The highest BCUT2D eigenvalue weighted by Gasteiger charge is 2.16. The lowest BCUT2D eigenvalue weighted by Crippen LogP contribution is -2.31. The van der Waals surface area contributed by atoms with E-state index in [1.807, 2.05) is 24.0 Å². The van der Waals surface area contributed by atoms with Crippen molar-refractivity contribution in [2.45, 2.75) is 32.6 Å². The molecule has 0 unspecified atom stereocenters. The summed E-state index contributed by atoms with van der Waals surface area (Å²) in [6, 6.07) is 3.76. The monoisotopic (exact) mass is 218 g/mol. The van der Waals surface area contributed by atoms with E-state index < -0.39 is 0 Å². The molecule has 3 nitrogen and oxygen atoms in total. The molecule has 16 heavy (non-hydrogen) atoms. The third kappa shape index (κ3) is 2.60. The van der Waals surface area contributed by atoms with Crippen molar-refractivity contribution in [2.24, 2.45) is 0 Å². The summed E-state index contributed by atoms with van der Waals surface area (Å²) in [7, 11) is 0. The Morgan fingerprint density at radius 1 is 1.19 bits per heavy atom. The van der Waals surface area contributed by atoms with Crippen LogP contribution in [0.25, 0.3) is 0 Å². The standard InChI is InChI=1S/C13H18N2O/c1-11-6-7-12(10-14-11)13(16)15-8-4-2-3-5-9-15/h6-7,10H,2-5,8-9H2,1H3. The van der Waals surface area contributed by atoms with Crippen molar-refractivity contribution in [3.63, 3.8) is 0 Å². The van der Waals surface area contributed by atoms with Gasteiger partial charge in [-0.15, -0.1) is 0 Å². The quantitative estimate of drug-likeness (QED) is 0.725. The van der Waals surface area contributed by atoms with Gasteiger partial charge in [0.15, 0.2) is 0 Å². The van der Waals surface area contributed by atoms with Crippen molar-refractivity contribution in [3.8, 4) is 0 Å². The van der Waals surface area contributed by atoms with Crippen molar-refractivity contribution in [1.29, 1.82) is 0 Å². The van der Waals surface area contributed by atoms with Crippen molar-refractivity contribution >= 4 is 5.91 Å². The van der Waals surface area contributed by atoms with E-state index in [0.717, 1.165) is 31.6 Å². The van der Waals surface area contributed by atoms with Crippen molar-refractivity contribution in [2.75, 3.05) is 13.1 Å². The molecule has 86 valence electrons. The molecule has 1 aliphatic heterocycles. The van der Waals surface area contributed by atoms with Crippen LogP contribution in [0.1, 0.15) is 41.7 Å². The number of carbonyl (C=O) groups excluding carboxylic acids is 1. The minimum Gasteiger partial charge on any atom is -0.339 e. The maximum atomic E-state index is 12.1. The minimum absolute atomic E-state index is 0.134. The van der Waals surface area contributed by atoms with Gasteiger partial charge in [0, 0.05) is 25.0 Å². The highest BCUT2D eigenvalue weighted by Crippen LogP contribution is 2.13. The Kier molecular flexibility index (Phi) is 3.54. The zero-order valence-corrected chi connectivity index (χ0v) is 9.78. The maximum absolute atomic E-state index is 12.1. The summed E-state index contributed by atoms with van der Waals surface area (Å²) in [5.41, 5.74) is 1.67. The molecule has 0 saturated carbocycles. The van der Waals surface area contributed by atoms with E-state index in [-0.39, 0.29) is 5.91 Å². The summed E-state index contributed by atoms with van der Waals surface area (Å²) in [4.78, 5) is 18.3. The first-order valence-electron chi connectivity index (χ1n) is 5.99.